The number of hydrogen-bond acceptors (Lipinski definition) is 10. The van der Waals surface area contributed by atoms with Crippen molar-refractivity contribution in [3.63, 3.8) is 0 Å². The van der Waals surface area contributed by atoms with Gasteiger partial charge in [0, 0.05) is 6.42 Å². The van der Waals surface area contributed by atoms with Gasteiger partial charge in [0.1, 0.15) is 24.1 Å². The highest BCUT2D eigenvalue weighted by atomic mass is 31.2. The van der Waals surface area contributed by atoms with Crippen molar-refractivity contribution in [2.45, 2.75) is 36.6 Å². The SMILES string of the molecule is O=[N+]([O-])c1cc(F)ccc1OP(=O)(O)OC1(O)CC(O)C(O)C(O)C1O. The van der Waals surface area contributed by atoms with Gasteiger partial charge in [-0.3, -0.25) is 15.0 Å². The van der Waals surface area contributed by atoms with Gasteiger partial charge >= 0.3 is 13.5 Å². The Hall–Kier alpha value is -1.70. The fourth-order valence-corrected chi connectivity index (χ4v) is 3.39. The van der Waals surface area contributed by atoms with Crippen molar-refractivity contribution >= 4 is 13.5 Å². The molecular formula is C12H15FNO11P. The van der Waals surface area contributed by atoms with Crippen LogP contribution in [0.4, 0.5) is 10.1 Å². The maximum Gasteiger partial charge on any atom is 0.530 e. The maximum absolute atomic E-state index is 13.1. The van der Waals surface area contributed by atoms with Crippen LogP contribution in [0.1, 0.15) is 6.42 Å². The lowest BCUT2D eigenvalue weighted by atomic mass is 9.85. The van der Waals surface area contributed by atoms with Crippen LogP contribution < -0.4 is 4.52 Å². The fraction of sp³-hybridized carbons (Fsp3) is 0.500. The first-order valence-electron chi connectivity index (χ1n) is 6.98. The Morgan fingerprint density at radius 3 is 2.46 bits per heavy atom. The lowest BCUT2D eigenvalue weighted by Crippen LogP contribution is -2.63. The molecule has 1 aromatic carbocycles. The normalized spacial score (nSPS) is 34.1. The molecule has 0 spiro atoms. The van der Waals surface area contributed by atoms with E-state index < -0.39 is 66.6 Å². The van der Waals surface area contributed by atoms with E-state index >= 15 is 0 Å². The zero-order chi connectivity index (χ0) is 19.9. The molecule has 14 heteroatoms. The average molecular weight is 399 g/mol. The Morgan fingerprint density at radius 2 is 1.88 bits per heavy atom. The Bertz CT molecular complexity index is 748. The van der Waals surface area contributed by atoms with E-state index in [1.807, 2.05) is 0 Å². The summed E-state index contributed by atoms with van der Waals surface area (Å²) >= 11 is 0. The Balaban J connectivity index is 2.26. The quantitative estimate of drug-likeness (QED) is 0.150. The van der Waals surface area contributed by atoms with E-state index in [2.05, 4.69) is 9.05 Å². The summed E-state index contributed by atoms with van der Waals surface area (Å²) in [6.07, 6.45) is -9.16. The summed E-state index contributed by atoms with van der Waals surface area (Å²) in [5.74, 6) is -4.94. The second-order valence-electron chi connectivity index (χ2n) is 5.56. The van der Waals surface area contributed by atoms with Crippen LogP contribution in [0.25, 0.3) is 0 Å². The van der Waals surface area contributed by atoms with Gasteiger partial charge in [0.05, 0.1) is 17.1 Å². The number of rotatable bonds is 5. The number of hydrogen-bond donors (Lipinski definition) is 6. The van der Waals surface area contributed by atoms with Crippen molar-refractivity contribution in [1.29, 1.82) is 0 Å². The summed E-state index contributed by atoms with van der Waals surface area (Å²) in [4.78, 5) is 19.5. The van der Waals surface area contributed by atoms with E-state index in [9.17, 15) is 49.5 Å². The van der Waals surface area contributed by atoms with E-state index in [0.29, 0.717) is 18.2 Å². The maximum atomic E-state index is 13.1. The standard InChI is InChI=1S/C12H15FNO11P/c13-5-1-2-8(6(3-5)14(20)21)24-26(22,23)25-12(19)4-7(15)9(16)10(17)11(12)18/h1-3,7,9-11,15-19H,4H2,(H,22,23). The third kappa shape index (κ3) is 4.16. The third-order valence-electron chi connectivity index (χ3n) is 3.64. The predicted molar refractivity (Wildman–Crippen MR) is 78.2 cm³/mol. The van der Waals surface area contributed by atoms with Gasteiger partial charge in [-0.05, 0) is 12.1 Å². The zero-order valence-electron chi connectivity index (χ0n) is 12.7. The van der Waals surface area contributed by atoms with E-state index in [1.165, 1.54) is 0 Å². The van der Waals surface area contributed by atoms with Crippen LogP contribution in [0.3, 0.4) is 0 Å². The first kappa shape index (κ1) is 20.6. The molecule has 1 fully saturated rings. The number of aliphatic hydroxyl groups is 5. The minimum Gasteiger partial charge on any atom is -0.397 e. The van der Waals surface area contributed by atoms with Gasteiger partial charge in [-0.2, -0.15) is 0 Å². The average Bonchev–Trinajstić information content (AvgIpc) is 2.51. The highest BCUT2D eigenvalue weighted by Gasteiger charge is 2.55. The molecule has 2 rings (SSSR count). The Kier molecular flexibility index (Phi) is 5.66. The summed E-state index contributed by atoms with van der Waals surface area (Å²) in [6, 6.07) is 1.76. The van der Waals surface area contributed by atoms with Crippen LogP contribution in [0.2, 0.25) is 0 Å². The summed E-state index contributed by atoms with van der Waals surface area (Å²) in [5.41, 5.74) is -1.02. The van der Waals surface area contributed by atoms with Crippen molar-refractivity contribution in [1.82, 2.24) is 0 Å². The van der Waals surface area contributed by atoms with Gasteiger partial charge in [0.25, 0.3) is 0 Å². The summed E-state index contributed by atoms with van der Waals surface area (Å²) in [7, 11) is -5.38. The van der Waals surface area contributed by atoms with E-state index in [-0.39, 0.29) is 0 Å². The Labute approximate surface area is 144 Å². The molecule has 0 amide bonds. The molecule has 1 saturated carbocycles. The van der Waals surface area contributed by atoms with Crippen molar-refractivity contribution in [2.24, 2.45) is 0 Å². The lowest BCUT2D eigenvalue weighted by Gasteiger charge is -2.43. The zero-order valence-corrected chi connectivity index (χ0v) is 13.6. The van der Waals surface area contributed by atoms with Crippen LogP contribution in [-0.4, -0.2) is 65.6 Å². The van der Waals surface area contributed by atoms with Gasteiger partial charge in [-0.1, -0.05) is 0 Å². The molecule has 0 radical (unpaired) electrons. The van der Waals surface area contributed by atoms with Crippen LogP contribution in [0, 0.1) is 15.9 Å². The van der Waals surface area contributed by atoms with Crippen molar-refractivity contribution in [3.8, 4) is 5.75 Å². The molecule has 1 aliphatic carbocycles. The number of phosphoric ester groups is 1. The van der Waals surface area contributed by atoms with Gasteiger partial charge < -0.3 is 30.1 Å². The molecule has 0 bridgehead atoms. The lowest BCUT2D eigenvalue weighted by molar-refractivity contribution is -0.385. The van der Waals surface area contributed by atoms with Gasteiger partial charge in [-0.25, -0.2) is 13.5 Å². The highest BCUT2D eigenvalue weighted by Crippen LogP contribution is 2.51. The second kappa shape index (κ2) is 7.13. The molecule has 6 N–H and O–H groups in total. The molecule has 0 aliphatic heterocycles. The molecule has 6 unspecified atom stereocenters. The molecule has 12 nitrogen and oxygen atoms in total. The Morgan fingerprint density at radius 1 is 1.27 bits per heavy atom. The molecule has 0 heterocycles. The van der Waals surface area contributed by atoms with Crippen molar-refractivity contribution < 1.29 is 53.4 Å². The van der Waals surface area contributed by atoms with Crippen molar-refractivity contribution in [2.75, 3.05) is 0 Å². The number of aliphatic hydroxyl groups excluding tert-OH is 4. The van der Waals surface area contributed by atoms with Gasteiger partial charge in [0.2, 0.25) is 11.5 Å². The summed E-state index contributed by atoms with van der Waals surface area (Å²) in [6.45, 7) is 0. The predicted octanol–water partition coefficient (Wildman–Crippen LogP) is -1.23. The second-order valence-corrected chi connectivity index (χ2v) is 6.86. The van der Waals surface area contributed by atoms with E-state index in [1.54, 1.807) is 0 Å². The number of phosphoric acid groups is 1. The highest BCUT2D eigenvalue weighted by molar-refractivity contribution is 7.47. The molecule has 6 atom stereocenters. The van der Waals surface area contributed by atoms with Crippen LogP contribution in [-0.2, 0) is 9.09 Å². The third-order valence-corrected chi connectivity index (χ3v) is 4.61. The fourth-order valence-electron chi connectivity index (χ4n) is 2.37. The topological polar surface area (TPSA) is 200 Å². The minimum atomic E-state index is -5.38. The number of nitro groups is 1. The summed E-state index contributed by atoms with van der Waals surface area (Å²) in [5, 5.41) is 59.2. The summed E-state index contributed by atoms with van der Waals surface area (Å²) < 4.78 is 34.0. The smallest absolute Gasteiger partial charge is 0.397 e. The molecule has 146 valence electrons. The molecule has 26 heavy (non-hydrogen) atoms. The molecular weight excluding hydrogens is 384 g/mol. The number of nitro benzene ring substituents is 1. The minimum absolute atomic E-state index is 0.406. The molecule has 0 aromatic heterocycles. The number of benzene rings is 1. The number of halogens is 1. The van der Waals surface area contributed by atoms with E-state index in [0.717, 1.165) is 0 Å². The molecule has 1 aromatic rings. The molecule has 0 saturated heterocycles. The van der Waals surface area contributed by atoms with Crippen molar-refractivity contribution in [3.05, 3.63) is 34.1 Å². The van der Waals surface area contributed by atoms with Crippen LogP contribution in [0.15, 0.2) is 18.2 Å². The largest absolute Gasteiger partial charge is 0.530 e. The first-order valence-corrected chi connectivity index (χ1v) is 8.47. The first-order chi connectivity index (χ1) is 11.9. The van der Waals surface area contributed by atoms with Crippen LogP contribution >= 0.6 is 7.82 Å². The van der Waals surface area contributed by atoms with Crippen LogP contribution in [0.5, 0.6) is 5.75 Å². The monoisotopic (exact) mass is 399 g/mol. The van der Waals surface area contributed by atoms with E-state index in [4.69, 9.17) is 0 Å². The molecule has 1 aliphatic rings. The van der Waals surface area contributed by atoms with Gasteiger partial charge in [-0.15, -0.1) is 0 Å². The number of nitrogens with zero attached hydrogens (tertiary/aromatic N) is 1. The van der Waals surface area contributed by atoms with Gasteiger partial charge in [0.15, 0.2) is 0 Å².